The van der Waals surface area contributed by atoms with Gasteiger partial charge in [0, 0.05) is 68.6 Å². The van der Waals surface area contributed by atoms with Gasteiger partial charge in [-0.25, -0.2) is 14.2 Å². The van der Waals surface area contributed by atoms with Gasteiger partial charge in [-0.05, 0) is 65.4 Å². The van der Waals surface area contributed by atoms with Crippen molar-refractivity contribution in [3.05, 3.63) is 89.0 Å². The predicted molar refractivity (Wildman–Crippen MR) is 207 cm³/mol. The first-order valence-electron chi connectivity index (χ1n) is 18.4. The maximum Gasteiger partial charge on any atom is 0.322 e. The predicted octanol–water partition coefficient (Wildman–Crippen LogP) is 4.31. The number of benzene rings is 2. The van der Waals surface area contributed by atoms with Crippen LogP contribution in [0, 0.1) is 11.7 Å². The molecule has 1 aromatic heterocycles. The zero-order valence-electron chi connectivity index (χ0n) is 30.8. The van der Waals surface area contributed by atoms with Crippen molar-refractivity contribution >= 4 is 64.5 Å². The molecule has 1 fully saturated rings. The first-order chi connectivity index (χ1) is 26.9. The summed E-state index contributed by atoms with van der Waals surface area (Å²) in [4.78, 5) is 81.3. The number of carbonyl (C=O) groups excluding carboxylic acids is 5. The maximum atomic E-state index is 15.1. The van der Waals surface area contributed by atoms with Crippen LogP contribution in [-0.2, 0) is 43.6 Å². The molecule has 5 N–H and O–H groups in total. The third-order valence-electron chi connectivity index (χ3n) is 9.83. The summed E-state index contributed by atoms with van der Waals surface area (Å²) in [5.74, 6) is -3.26. The number of urea groups is 1. The number of nitrogens with zero attached hydrogens (tertiary/aromatic N) is 5. The summed E-state index contributed by atoms with van der Waals surface area (Å²) in [5.41, 5.74) is 10.2. The molecule has 15 nitrogen and oxygen atoms in total. The molecule has 0 saturated carbocycles. The minimum absolute atomic E-state index is 0.000547. The molecule has 3 aliphatic heterocycles. The molecule has 3 aromatic rings. The van der Waals surface area contributed by atoms with Gasteiger partial charge in [0.15, 0.2) is 0 Å². The number of carbonyl (C=O) groups is 6. The second kappa shape index (κ2) is 17.8. The van der Waals surface area contributed by atoms with E-state index in [-0.39, 0.29) is 73.5 Å². The summed E-state index contributed by atoms with van der Waals surface area (Å²) < 4.78 is 15.1. The van der Waals surface area contributed by atoms with Gasteiger partial charge in [-0.1, -0.05) is 31.5 Å². The number of carboxylic acid groups (broad SMARTS) is 1. The summed E-state index contributed by atoms with van der Waals surface area (Å²) in [6.07, 6.45) is 5.28. The number of aromatic nitrogens is 1. The number of fused-ring (bicyclic) bond motifs is 1. The van der Waals surface area contributed by atoms with Crippen LogP contribution >= 0.6 is 11.8 Å². The molecule has 1 saturated heterocycles. The number of thioether (sulfide) groups is 1. The number of amides is 6. The van der Waals surface area contributed by atoms with E-state index in [4.69, 9.17) is 10.8 Å². The monoisotopic (exact) mass is 786 g/mol. The van der Waals surface area contributed by atoms with Crippen molar-refractivity contribution in [2.75, 3.05) is 22.9 Å². The Bertz CT molecular complexity index is 2020. The lowest BCUT2D eigenvalue weighted by atomic mass is 9.93. The van der Waals surface area contributed by atoms with Crippen LogP contribution in [0.25, 0.3) is 0 Å². The molecular formula is C39H43FN8O7S. The van der Waals surface area contributed by atoms with Crippen molar-refractivity contribution in [3.63, 3.8) is 0 Å². The number of rotatable bonds is 15. The van der Waals surface area contributed by atoms with E-state index in [1.54, 1.807) is 35.5 Å². The van der Waals surface area contributed by atoms with Crippen LogP contribution in [0.2, 0.25) is 0 Å². The van der Waals surface area contributed by atoms with Crippen LogP contribution in [0.4, 0.5) is 20.6 Å². The number of halogens is 1. The average molecular weight is 787 g/mol. The van der Waals surface area contributed by atoms with E-state index >= 15 is 4.39 Å². The molecule has 0 spiro atoms. The fraction of sp³-hybridized carbons (Fsp3) is 0.385. The summed E-state index contributed by atoms with van der Waals surface area (Å²) in [6, 6.07) is 12.2. The molecule has 56 heavy (non-hydrogen) atoms. The number of hydrazone groups is 1. The average Bonchev–Trinajstić information content (AvgIpc) is 3.73. The molecule has 3 atom stereocenters. The third kappa shape index (κ3) is 9.75. The number of nitrogens with two attached hydrogens (primary N) is 1. The first kappa shape index (κ1) is 40.0. The molecule has 6 rings (SSSR count). The van der Waals surface area contributed by atoms with E-state index in [0.29, 0.717) is 49.3 Å². The summed E-state index contributed by atoms with van der Waals surface area (Å²) in [6.45, 7) is 3.14. The standard InChI is InChI=1S/C39H43FN8O7S/c1-23-15-35(51)48(45-36(23)25-7-9-28(10-8-25)43-39(55)46-20-26-12-13-42-18-27(26)21-46)19-24-6-11-31(29(40)16-24)44-33(49)5-3-2-4-14-47-34(50)17-32(37(47)52)56-22-30(41)38(53)54/h6-13,16,18,23,30,32H,2-5,14-15,17,19-22,41H2,1H3,(H,43,55)(H,44,49)(H,53,54)/t23?,30-,32?/m0/s1. The normalized spacial score (nSPS) is 18.5. The molecule has 3 aliphatic rings. The number of hydrogen-bond donors (Lipinski definition) is 4. The van der Waals surface area contributed by atoms with E-state index in [2.05, 4.69) is 20.7 Å². The summed E-state index contributed by atoms with van der Waals surface area (Å²) in [7, 11) is 0. The van der Waals surface area contributed by atoms with E-state index in [1.165, 1.54) is 22.0 Å². The SMILES string of the molecule is CC1CC(=O)N(Cc2ccc(NC(=O)CCCCCN3C(=O)CC(SC[C@H](N)C(=O)O)C3=O)c(F)c2)N=C1c1ccc(NC(=O)N2Cc3ccncc3C2)cc1. The minimum Gasteiger partial charge on any atom is -0.480 e. The van der Waals surface area contributed by atoms with Crippen molar-refractivity contribution in [1.29, 1.82) is 0 Å². The van der Waals surface area contributed by atoms with E-state index in [1.807, 2.05) is 25.1 Å². The Kier molecular flexibility index (Phi) is 12.7. The van der Waals surface area contributed by atoms with Crippen molar-refractivity contribution in [1.82, 2.24) is 19.8 Å². The number of nitrogens with one attached hydrogen (secondary N) is 2. The molecule has 6 amide bonds. The second-order valence-electron chi connectivity index (χ2n) is 14.1. The number of aliphatic carboxylic acids is 1. The van der Waals surface area contributed by atoms with E-state index in [9.17, 15) is 28.8 Å². The lowest BCUT2D eigenvalue weighted by Gasteiger charge is -2.28. The van der Waals surface area contributed by atoms with Crippen molar-refractivity contribution < 1.29 is 38.3 Å². The molecule has 294 valence electrons. The quantitative estimate of drug-likeness (QED) is 0.127. The van der Waals surface area contributed by atoms with Crippen LogP contribution in [0.1, 0.15) is 67.7 Å². The zero-order chi connectivity index (χ0) is 39.9. The van der Waals surface area contributed by atoms with E-state index in [0.717, 1.165) is 28.5 Å². The Morgan fingerprint density at radius 2 is 1.75 bits per heavy atom. The fourth-order valence-corrected chi connectivity index (χ4v) is 7.80. The highest BCUT2D eigenvalue weighted by atomic mass is 32.2. The van der Waals surface area contributed by atoms with Gasteiger partial charge in [0.2, 0.25) is 23.6 Å². The van der Waals surface area contributed by atoms with Crippen molar-refractivity contribution in [2.45, 2.75) is 76.4 Å². The Balaban J connectivity index is 0.952. The number of carboxylic acids is 1. The number of hydrogen-bond acceptors (Lipinski definition) is 10. The number of imide groups is 1. The maximum absolute atomic E-state index is 15.1. The molecule has 2 aromatic carbocycles. The van der Waals surface area contributed by atoms with Gasteiger partial charge in [0.25, 0.3) is 0 Å². The molecule has 17 heteroatoms. The molecule has 0 aliphatic carbocycles. The highest BCUT2D eigenvalue weighted by molar-refractivity contribution is 8.00. The highest BCUT2D eigenvalue weighted by Gasteiger charge is 2.39. The van der Waals surface area contributed by atoms with Crippen molar-refractivity contribution in [3.8, 4) is 0 Å². The van der Waals surface area contributed by atoms with Gasteiger partial charge in [-0.2, -0.15) is 5.10 Å². The van der Waals surface area contributed by atoms with Gasteiger partial charge < -0.3 is 26.4 Å². The lowest BCUT2D eigenvalue weighted by Crippen LogP contribution is -2.36. The van der Waals surface area contributed by atoms with Crippen LogP contribution in [0.3, 0.4) is 0 Å². The molecule has 0 radical (unpaired) electrons. The number of anilines is 2. The van der Waals surface area contributed by atoms with E-state index < -0.39 is 29.0 Å². The number of likely N-dealkylation sites (tertiary alicyclic amines) is 1. The van der Waals surface area contributed by atoms with Gasteiger partial charge in [0.1, 0.15) is 11.9 Å². The van der Waals surface area contributed by atoms with Crippen LogP contribution < -0.4 is 16.4 Å². The largest absolute Gasteiger partial charge is 0.480 e. The highest BCUT2D eigenvalue weighted by Crippen LogP contribution is 2.28. The fourth-order valence-electron chi connectivity index (χ4n) is 6.69. The number of pyridine rings is 1. The Morgan fingerprint density at radius 1 is 0.982 bits per heavy atom. The van der Waals surface area contributed by atoms with Crippen LogP contribution in [-0.4, -0.2) is 89.8 Å². The smallest absolute Gasteiger partial charge is 0.322 e. The molecule has 0 bridgehead atoms. The minimum atomic E-state index is -1.17. The topological polar surface area (TPSA) is 208 Å². The Hall–Kier alpha value is -5.68. The molecular weight excluding hydrogens is 744 g/mol. The van der Waals surface area contributed by atoms with Gasteiger partial charge in [-0.3, -0.25) is 33.9 Å². The van der Waals surface area contributed by atoms with Crippen molar-refractivity contribution in [2.24, 2.45) is 16.8 Å². The van der Waals surface area contributed by atoms with Gasteiger partial charge in [-0.15, -0.1) is 11.8 Å². The molecule has 2 unspecified atom stereocenters. The Morgan fingerprint density at radius 3 is 2.48 bits per heavy atom. The lowest BCUT2D eigenvalue weighted by molar-refractivity contribution is -0.139. The van der Waals surface area contributed by atoms with Crippen LogP contribution in [0.5, 0.6) is 0 Å². The van der Waals surface area contributed by atoms with Gasteiger partial charge >= 0.3 is 12.0 Å². The third-order valence-corrected chi connectivity index (χ3v) is 11.2. The summed E-state index contributed by atoms with van der Waals surface area (Å²) >= 11 is 1.06. The second-order valence-corrected chi connectivity index (χ2v) is 15.3. The van der Waals surface area contributed by atoms with Gasteiger partial charge in [0.05, 0.1) is 23.2 Å². The summed E-state index contributed by atoms with van der Waals surface area (Å²) in [5, 5.41) is 19.7. The number of unbranched alkanes of at least 4 members (excludes halogenated alkanes) is 2. The first-order valence-corrected chi connectivity index (χ1v) is 19.4. The molecule has 4 heterocycles. The van der Waals surface area contributed by atoms with Crippen LogP contribution in [0.15, 0.2) is 66.0 Å². The Labute approximate surface area is 326 Å². The zero-order valence-corrected chi connectivity index (χ0v) is 31.6.